The Labute approximate surface area is 115 Å². The van der Waals surface area contributed by atoms with Gasteiger partial charge in [-0.05, 0) is 62.2 Å². The monoisotopic (exact) mass is 269 g/mol. The number of hydrogen-bond acceptors (Lipinski definition) is 4. The fourth-order valence-electron chi connectivity index (χ4n) is 2.94. The predicted molar refractivity (Wildman–Crippen MR) is 80.8 cm³/mol. The van der Waals surface area contributed by atoms with Crippen LogP contribution < -0.4 is 11.3 Å². The third-order valence-electron chi connectivity index (χ3n) is 4.27. The molecule has 1 atom stereocenters. The quantitative estimate of drug-likeness (QED) is 0.563. The van der Waals surface area contributed by atoms with Crippen molar-refractivity contribution in [2.45, 2.75) is 51.1 Å². The van der Waals surface area contributed by atoms with Crippen LogP contribution in [0.4, 0.5) is 0 Å². The van der Waals surface area contributed by atoms with Gasteiger partial charge in [-0.25, -0.2) is 0 Å². The van der Waals surface area contributed by atoms with Gasteiger partial charge in [-0.1, -0.05) is 13.8 Å². The zero-order valence-corrected chi connectivity index (χ0v) is 12.9. The summed E-state index contributed by atoms with van der Waals surface area (Å²) in [6, 6.07) is 2.52. The molecule has 0 amide bonds. The van der Waals surface area contributed by atoms with Gasteiger partial charge < -0.3 is 4.90 Å². The Bertz CT molecular complexity index is 318. The lowest BCUT2D eigenvalue weighted by Gasteiger charge is -2.45. The molecule has 1 aromatic rings. The van der Waals surface area contributed by atoms with Crippen molar-refractivity contribution in [3.8, 4) is 0 Å². The number of nitrogens with one attached hydrogen (secondary N) is 1. The van der Waals surface area contributed by atoms with E-state index in [0.29, 0.717) is 6.04 Å². The Hall–Kier alpha value is -0.420. The zero-order chi connectivity index (χ0) is 13.6. The third-order valence-corrected chi connectivity index (χ3v) is 5.00. The summed E-state index contributed by atoms with van der Waals surface area (Å²) in [5.74, 6) is 5.81. The Balaban J connectivity index is 2.73. The van der Waals surface area contributed by atoms with Crippen LogP contribution >= 0.6 is 11.3 Å². The Morgan fingerprint density at radius 1 is 1.39 bits per heavy atom. The standard InChI is InChI=1S/C14H27N3S/c1-5-14(6-2,17(3)4)13(16-15)8-7-12-9-10-18-11-12/h9-11,13,16H,5-8,15H2,1-4H3. The minimum atomic E-state index is 0.144. The third kappa shape index (κ3) is 3.32. The Kier molecular flexibility index (Phi) is 6.29. The summed E-state index contributed by atoms with van der Waals surface area (Å²) in [7, 11) is 4.31. The largest absolute Gasteiger partial charge is 0.302 e. The van der Waals surface area contributed by atoms with Crippen LogP contribution in [0.3, 0.4) is 0 Å². The molecule has 0 fully saturated rings. The van der Waals surface area contributed by atoms with Gasteiger partial charge in [-0.3, -0.25) is 11.3 Å². The van der Waals surface area contributed by atoms with E-state index < -0.39 is 0 Å². The van der Waals surface area contributed by atoms with Crippen LogP contribution in [0.25, 0.3) is 0 Å². The summed E-state index contributed by atoms with van der Waals surface area (Å²) >= 11 is 1.76. The molecule has 3 nitrogen and oxygen atoms in total. The lowest BCUT2D eigenvalue weighted by Crippen LogP contribution is -2.60. The van der Waals surface area contributed by atoms with Gasteiger partial charge in [0.25, 0.3) is 0 Å². The van der Waals surface area contributed by atoms with E-state index in [9.17, 15) is 0 Å². The van der Waals surface area contributed by atoms with Crippen LogP contribution in [0.1, 0.15) is 38.7 Å². The molecule has 3 N–H and O–H groups in total. The van der Waals surface area contributed by atoms with Crippen molar-refractivity contribution in [2.75, 3.05) is 14.1 Å². The first-order valence-electron chi connectivity index (χ1n) is 6.75. The molecule has 0 aliphatic carbocycles. The van der Waals surface area contributed by atoms with Crippen molar-refractivity contribution in [1.82, 2.24) is 10.3 Å². The van der Waals surface area contributed by atoms with E-state index in [1.807, 2.05) is 0 Å². The zero-order valence-electron chi connectivity index (χ0n) is 12.1. The summed E-state index contributed by atoms with van der Waals surface area (Å²) in [5, 5.41) is 4.36. The lowest BCUT2D eigenvalue weighted by atomic mass is 9.81. The molecular formula is C14H27N3S. The number of hydrogen-bond donors (Lipinski definition) is 2. The summed E-state index contributed by atoms with van der Waals surface area (Å²) in [5.41, 5.74) is 4.61. The molecule has 1 heterocycles. The van der Waals surface area contributed by atoms with Crippen LogP contribution in [-0.4, -0.2) is 30.6 Å². The maximum absolute atomic E-state index is 5.81. The van der Waals surface area contributed by atoms with Gasteiger partial charge in [0.1, 0.15) is 0 Å². The Morgan fingerprint density at radius 3 is 2.44 bits per heavy atom. The van der Waals surface area contributed by atoms with Gasteiger partial charge in [0.05, 0.1) is 0 Å². The minimum Gasteiger partial charge on any atom is -0.302 e. The van der Waals surface area contributed by atoms with Crippen molar-refractivity contribution < 1.29 is 0 Å². The topological polar surface area (TPSA) is 41.3 Å². The van der Waals surface area contributed by atoms with E-state index in [4.69, 9.17) is 5.84 Å². The molecule has 0 aliphatic rings. The number of rotatable bonds is 8. The molecule has 0 aromatic carbocycles. The SMILES string of the molecule is CCC(CC)(C(CCc1ccsc1)NN)N(C)C. The molecule has 0 aliphatic heterocycles. The average molecular weight is 269 g/mol. The fourth-order valence-corrected chi connectivity index (χ4v) is 3.64. The average Bonchev–Trinajstić information content (AvgIpc) is 2.87. The highest BCUT2D eigenvalue weighted by molar-refractivity contribution is 7.07. The molecule has 0 radical (unpaired) electrons. The summed E-state index contributed by atoms with van der Waals surface area (Å²) in [6.45, 7) is 4.50. The van der Waals surface area contributed by atoms with E-state index in [2.05, 4.69) is 55.1 Å². The second kappa shape index (κ2) is 7.24. The first kappa shape index (κ1) is 15.6. The maximum Gasteiger partial charge on any atom is 0.0397 e. The van der Waals surface area contributed by atoms with Crippen molar-refractivity contribution in [1.29, 1.82) is 0 Å². The maximum atomic E-state index is 5.81. The van der Waals surface area contributed by atoms with Crippen LogP contribution in [0, 0.1) is 0 Å². The summed E-state index contributed by atoms with van der Waals surface area (Å²) in [4.78, 5) is 2.32. The second-order valence-electron chi connectivity index (χ2n) is 5.09. The normalized spacial score (nSPS) is 14.1. The van der Waals surface area contributed by atoms with E-state index in [0.717, 1.165) is 25.7 Å². The number of nitrogens with zero attached hydrogens (tertiary/aromatic N) is 1. The van der Waals surface area contributed by atoms with E-state index in [1.54, 1.807) is 11.3 Å². The van der Waals surface area contributed by atoms with Gasteiger partial charge in [0, 0.05) is 11.6 Å². The molecule has 0 saturated heterocycles. The van der Waals surface area contributed by atoms with Crippen molar-refractivity contribution in [2.24, 2.45) is 5.84 Å². The molecule has 104 valence electrons. The number of likely N-dealkylation sites (N-methyl/N-ethyl adjacent to an activating group) is 1. The molecule has 0 saturated carbocycles. The van der Waals surface area contributed by atoms with Crippen molar-refractivity contribution in [3.05, 3.63) is 22.4 Å². The highest BCUT2D eigenvalue weighted by Gasteiger charge is 2.36. The first-order valence-corrected chi connectivity index (χ1v) is 7.69. The fraction of sp³-hybridized carbons (Fsp3) is 0.714. The molecule has 1 unspecified atom stereocenters. The van der Waals surface area contributed by atoms with Crippen molar-refractivity contribution >= 4 is 11.3 Å². The molecule has 4 heteroatoms. The minimum absolute atomic E-state index is 0.144. The van der Waals surface area contributed by atoms with Gasteiger partial charge in [-0.15, -0.1) is 0 Å². The van der Waals surface area contributed by atoms with Gasteiger partial charge in [-0.2, -0.15) is 11.3 Å². The van der Waals surface area contributed by atoms with E-state index in [-0.39, 0.29) is 5.54 Å². The van der Waals surface area contributed by atoms with Gasteiger partial charge in [0.2, 0.25) is 0 Å². The molecule has 0 spiro atoms. The van der Waals surface area contributed by atoms with Crippen molar-refractivity contribution in [3.63, 3.8) is 0 Å². The molecule has 1 aromatic heterocycles. The Morgan fingerprint density at radius 2 is 2.06 bits per heavy atom. The van der Waals surface area contributed by atoms with E-state index >= 15 is 0 Å². The van der Waals surface area contributed by atoms with Crippen LogP contribution in [0.15, 0.2) is 16.8 Å². The number of thiophene rings is 1. The number of nitrogens with two attached hydrogens (primary N) is 1. The summed E-state index contributed by atoms with van der Waals surface area (Å²) < 4.78 is 0. The predicted octanol–water partition coefficient (Wildman–Crippen LogP) is 2.63. The number of aryl methyl sites for hydroxylation is 1. The van der Waals surface area contributed by atoms with Crippen LogP contribution in [0.5, 0.6) is 0 Å². The molecule has 0 bridgehead atoms. The molecular weight excluding hydrogens is 242 g/mol. The highest BCUT2D eigenvalue weighted by atomic mass is 32.1. The van der Waals surface area contributed by atoms with Gasteiger partial charge in [0.15, 0.2) is 0 Å². The second-order valence-corrected chi connectivity index (χ2v) is 5.87. The molecule has 1 rings (SSSR count). The smallest absolute Gasteiger partial charge is 0.0397 e. The molecule has 18 heavy (non-hydrogen) atoms. The van der Waals surface area contributed by atoms with Crippen LogP contribution in [-0.2, 0) is 6.42 Å². The van der Waals surface area contributed by atoms with Crippen LogP contribution in [0.2, 0.25) is 0 Å². The summed E-state index contributed by atoms with van der Waals surface area (Å²) in [6.07, 6.45) is 4.38. The van der Waals surface area contributed by atoms with E-state index in [1.165, 1.54) is 5.56 Å². The number of hydrazine groups is 1. The van der Waals surface area contributed by atoms with Gasteiger partial charge >= 0.3 is 0 Å². The lowest BCUT2D eigenvalue weighted by molar-refractivity contribution is 0.0843. The highest BCUT2D eigenvalue weighted by Crippen LogP contribution is 2.28. The first-order chi connectivity index (χ1) is 8.60.